The second-order valence-electron chi connectivity index (χ2n) is 7.02. The van der Waals surface area contributed by atoms with Crippen molar-refractivity contribution in [2.24, 2.45) is 11.3 Å². The number of rotatable bonds is 6. The van der Waals surface area contributed by atoms with Gasteiger partial charge in [0.15, 0.2) is 0 Å². The molecule has 1 amide bonds. The molecule has 0 aromatic heterocycles. The summed E-state index contributed by atoms with van der Waals surface area (Å²) in [4.78, 5) is 12.4. The average molecular weight is 375 g/mol. The van der Waals surface area contributed by atoms with Gasteiger partial charge in [-0.3, -0.25) is 4.79 Å². The summed E-state index contributed by atoms with van der Waals surface area (Å²) >= 11 is 0. The first-order chi connectivity index (χ1) is 11.5. The Labute approximate surface area is 153 Å². The highest BCUT2D eigenvalue weighted by molar-refractivity contribution is 5.85. The molecule has 140 valence electrons. The Bertz CT molecular complexity index is 603. The largest absolute Gasteiger partial charge is 0.384 e. The van der Waals surface area contributed by atoms with Crippen LogP contribution in [-0.2, 0) is 9.53 Å². The van der Waals surface area contributed by atoms with Crippen LogP contribution in [0.2, 0.25) is 0 Å². The van der Waals surface area contributed by atoms with E-state index in [1.54, 1.807) is 7.11 Å². The van der Waals surface area contributed by atoms with E-state index in [2.05, 4.69) is 10.6 Å². The number of halogens is 3. The van der Waals surface area contributed by atoms with Crippen LogP contribution in [-0.4, -0.2) is 39.3 Å². The number of piperidine rings is 1. The molecule has 0 radical (unpaired) electrons. The molecule has 2 atom stereocenters. The number of carbonyl (C=O) groups is 1. The Morgan fingerprint density at radius 2 is 2.08 bits per heavy atom. The van der Waals surface area contributed by atoms with Gasteiger partial charge >= 0.3 is 0 Å². The monoisotopic (exact) mass is 374 g/mol. The molecule has 0 bridgehead atoms. The second kappa shape index (κ2) is 8.43. The van der Waals surface area contributed by atoms with Crippen LogP contribution < -0.4 is 10.6 Å². The van der Waals surface area contributed by atoms with E-state index in [0.29, 0.717) is 25.1 Å². The van der Waals surface area contributed by atoms with E-state index in [0.717, 1.165) is 32.0 Å². The van der Waals surface area contributed by atoms with Gasteiger partial charge in [0.1, 0.15) is 11.6 Å². The smallest absolute Gasteiger partial charge is 0.223 e. The van der Waals surface area contributed by atoms with Gasteiger partial charge in [0.25, 0.3) is 0 Å². The van der Waals surface area contributed by atoms with E-state index in [-0.39, 0.29) is 35.6 Å². The number of amides is 1. The summed E-state index contributed by atoms with van der Waals surface area (Å²) in [5.41, 5.74) is 0.409. The lowest BCUT2D eigenvalue weighted by atomic mass is 9.79. The first-order valence-corrected chi connectivity index (χ1v) is 8.47. The van der Waals surface area contributed by atoms with E-state index in [9.17, 15) is 13.6 Å². The minimum Gasteiger partial charge on any atom is -0.384 e. The molecule has 2 aliphatic rings. The van der Waals surface area contributed by atoms with Gasteiger partial charge in [-0.05, 0) is 49.9 Å². The third-order valence-electron chi connectivity index (χ3n) is 5.24. The maximum Gasteiger partial charge on any atom is 0.223 e. The zero-order valence-corrected chi connectivity index (χ0v) is 15.1. The number of benzene rings is 1. The van der Waals surface area contributed by atoms with Crippen LogP contribution in [0.5, 0.6) is 0 Å². The van der Waals surface area contributed by atoms with Crippen LogP contribution >= 0.6 is 12.4 Å². The third kappa shape index (κ3) is 4.68. The molecule has 3 rings (SSSR count). The Balaban J connectivity index is 0.00000225. The van der Waals surface area contributed by atoms with Crippen molar-refractivity contribution in [1.82, 2.24) is 10.6 Å². The zero-order valence-electron chi connectivity index (χ0n) is 14.3. The van der Waals surface area contributed by atoms with Gasteiger partial charge in [0, 0.05) is 31.1 Å². The van der Waals surface area contributed by atoms with Crippen LogP contribution in [0.25, 0.3) is 0 Å². The van der Waals surface area contributed by atoms with Crippen LogP contribution in [0.3, 0.4) is 0 Å². The summed E-state index contributed by atoms with van der Waals surface area (Å²) in [5, 5.41) is 6.35. The normalized spacial score (nSPS) is 24.3. The van der Waals surface area contributed by atoms with Crippen LogP contribution in [0, 0.1) is 23.0 Å². The molecule has 1 aliphatic carbocycles. The Morgan fingerprint density at radius 1 is 1.36 bits per heavy atom. The molecule has 2 fully saturated rings. The maximum absolute atomic E-state index is 13.8. The summed E-state index contributed by atoms with van der Waals surface area (Å²) < 4.78 is 32.2. The van der Waals surface area contributed by atoms with Crippen molar-refractivity contribution in [3.8, 4) is 0 Å². The third-order valence-corrected chi connectivity index (χ3v) is 5.24. The average Bonchev–Trinajstić information content (AvgIpc) is 3.34. The molecule has 7 heteroatoms. The van der Waals surface area contributed by atoms with E-state index < -0.39 is 11.6 Å². The number of nitrogens with one attached hydrogen (secondary N) is 2. The zero-order chi connectivity index (χ0) is 17.2. The lowest BCUT2D eigenvalue weighted by Crippen LogP contribution is -2.47. The highest BCUT2D eigenvalue weighted by atomic mass is 35.5. The minimum atomic E-state index is -0.592. The molecule has 0 spiro atoms. The first kappa shape index (κ1) is 20.1. The summed E-state index contributed by atoms with van der Waals surface area (Å²) in [6.45, 7) is 3.05. The molecular weight excluding hydrogens is 350 g/mol. The Kier molecular flexibility index (Phi) is 6.77. The predicted octanol–water partition coefficient (Wildman–Crippen LogP) is 2.62. The van der Waals surface area contributed by atoms with Gasteiger partial charge < -0.3 is 15.4 Å². The highest BCUT2D eigenvalue weighted by Crippen LogP contribution is 2.48. The van der Waals surface area contributed by atoms with Gasteiger partial charge in [0.05, 0.1) is 6.61 Å². The van der Waals surface area contributed by atoms with Gasteiger partial charge in [-0.25, -0.2) is 8.78 Å². The maximum atomic E-state index is 13.8. The van der Waals surface area contributed by atoms with Crippen molar-refractivity contribution in [2.75, 3.05) is 33.4 Å². The van der Waals surface area contributed by atoms with Crippen LogP contribution in [0.4, 0.5) is 8.78 Å². The Hall–Kier alpha value is -1.24. The summed E-state index contributed by atoms with van der Waals surface area (Å²) in [6.07, 6.45) is 2.54. The van der Waals surface area contributed by atoms with Crippen molar-refractivity contribution in [3.05, 3.63) is 35.4 Å². The molecule has 1 aromatic rings. The molecule has 2 unspecified atom stereocenters. The number of methoxy groups -OCH3 is 1. The summed E-state index contributed by atoms with van der Waals surface area (Å²) in [5.74, 6) is -1.56. The molecule has 25 heavy (non-hydrogen) atoms. The second-order valence-corrected chi connectivity index (χ2v) is 7.02. The van der Waals surface area contributed by atoms with Gasteiger partial charge in [0.2, 0.25) is 5.91 Å². The SMILES string of the molecule is COCC1(CNC(=O)C2CC2c2ccc(F)cc2F)CCNCC1.Cl. The summed E-state index contributed by atoms with van der Waals surface area (Å²) in [6, 6.07) is 3.57. The van der Waals surface area contributed by atoms with Crippen molar-refractivity contribution in [3.63, 3.8) is 0 Å². The molecule has 1 aliphatic heterocycles. The topological polar surface area (TPSA) is 50.4 Å². The van der Waals surface area contributed by atoms with E-state index in [4.69, 9.17) is 4.74 Å². The summed E-state index contributed by atoms with van der Waals surface area (Å²) in [7, 11) is 1.68. The Morgan fingerprint density at radius 3 is 2.72 bits per heavy atom. The van der Waals surface area contributed by atoms with Crippen molar-refractivity contribution in [1.29, 1.82) is 0 Å². The van der Waals surface area contributed by atoms with Gasteiger partial charge in [-0.15, -0.1) is 12.4 Å². The van der Waals surface area contributed by atoms with Crippen LogP contribution in [0.1, 0.15) is 30.7 Å². The lowest BCUT2D eigenvalue weighted by molar-refractivity contribution is -0.123. The van der Waals surface area contributed by atoms with Gasteiger partial charge in [-0.2, -0.15) is 0 Å². The van der Waals surface area contributed by atoms with E-state index in [1.807, 2.05) is 0 Å². The van der Waals surface area contributed by atoms with Crippen molar-refractivity contribution < 1.29 is 18.3 Å². The molecule has 2 N–H and O–H groups in total. The molecule has 1 heterocycles. The minimum absolute atomic E-state index is 0. The fourth-order valence-corrected chi connectivity index (χ4v) is 3.67. The number of hydrogen-bond donors (Lipinski definition) is 2. The number of hydrogen-bond acceptors (Lipinski definition) is 3. The predicted molar refractivity (Wildman–Crippen MR) is 93.9 cm³/mol. The fourth-order valence-electron chi connectivity index (χ4n) is 3.67. The lowest BCUT2D eigenvalue weighted by Gasteiger charge is -2.37. The molecule has 1 aromatic carbocycles. The number of ether oxygens (including phenoxy) is 1. The molecule has 1 saturated heterocycles. The van der Waals surface area contributed by atoms with Gasteiger partial charge in [-0.1, -0.05) is 6.07 Å². The van der Waals surface area contributed by atoms with Crippen LogP contribution in [0.15, 0.2) is 18.2 Å². The fraction of sp³-hybridized carbons (Fsp3) is 0.611. The van der Waals surface area contributed by atoms with Crippen molar-refractivity contribution in [2.45, 2.75) is 25.2 Å². The molecular formula is C18H25ClF2N2O2. The van der Waals surface area contributed by atoms with Crippen molar-refractivity contribution >= 4 is 18.3 Å². The quantitative estimate of drug-likeness (QED) is 0.804. The first-order valence-electron chi connectivity index (χ1n) is 8.47. The highest BCUT2D eigenvalue weighted by Gasteiger charge is 2.45. The van der Waals surface area contributed by atoms with E-state index in [1.165, 1.54) is 12.1 Å². The molecule has 4 nitrogen and oxygen atoms in total. The number of carbonyl (C=O) groups excluding carboxylic acids is 1. The van der Waals surface area contributed by atoms with E-state index >= 15 is 0 Å². The standard InChI is InChI=1S/C18H24F2N2O2.ClH/c1-24-11-18(4-6-21-7-5-18)10-22-17(23)15-9-14(15)13-3-2-12(19)8-16(13)20;/h2-3,8,14-15,21H,4-7,9-11H2,1H3,(H,22,23);1H. The molecule has 1 saturated carbocycles.